The van der Waals surface area contributed by atoms with Crippen LogP contribution in [0.4, 0.5) is 0 Å². The van der Waals surface area contributed by atoms with Crippen LogP contribution >= 0.6 is 0 Å². The lowest BCUT2D eigenvalue weighted by Crippen LogP contribution is -2.14. The number of nitrogens with zero attached hydrogens (tertiary/aromatic N) is 1. The summed E-state index contributed by atoms with van der Waals surface area (Å²) >= 11 is 0. The molecule has 0 spiro atoms. The van der Waals surface area contributed by atoms with Gasteiger partial charge in [0.2, 0.25) is 0 Å². The molecular weight excluding hydrogens is 222 g/mol. The lowest BCUT2D eigenvalue weighted by Gasteiger charge is -2.23. The molecule has 96 valence electrons. The van der Waals surface area contributed by atoms with Gasteiger partial charge in [-0.05, 0) is 44.1 Å². The van der Waals surface area contributed by atoms with Crippen molar-refractivity contribution in [3.8, 4) is 0 Å². The predicted molar refractivity (Wildman–Crippen MR) is 76.0 cm³/mol. The van der Waals surface area contributed by atoms with E-state index >= 15 is 0 Å². The first-order chi connectivity index (χ1) is 8.79. The molecule has 0 radical (unpaired) electrons. The molecule has 0 aliphatic heterocycles. The standard InChI is InChI=1S/C16H21NO/c1-3-11-18-17-16-6-4-5-15(12-16)14-9-7-13(2)8-10-14/h3,7-10,15H,1,4-6,11-12H2,2H3/b17-16+. The highest BCUT2D eigenvalue weighted by molar-refractivity contribution is 5.85. The molecule has 0 aromatic heterocycles. The third-order valence-electron chi connectivity index (χ3n) is 3.43. The van der Waals surface area contributed by atoms with Gasteiger partial charge >= 0.3 is 0 Å². The second-order valence-corrected chi connectivity index (χ2v) is 4.95. The minimum Gasteiger partial charge on any atom is -0.392 e. The lowest BCUT2D eigenvalue weighted by atomic mass is 9.83. The fourth-order valence-electron chi connectivity index (χ4n) is 2.43. The van der Waals surface area contributed by atoms with E-state index in [0.29, 0.717) is 12.5 Å². The maximum absolute atomic E-state index is 5.20. The molecule has 1 aliphatic rings. The summed E-state index contributed by atoms with van der Waals surface area (Å²) in [4.78, 5) is 5.20. The van der Waals surface area contributed by atoms with Crippen molar-refractivity contribution in [2.75, 3.05) is 6.61 Å². The van der Waals surface area contributed by atoms with E-state index in [2.05, 4.69) is 42.9 Å². The molecule has 2 rings (SSSR count). The third kappa shape index (κ3) is 3.46. The Bertz CT molecular complexity index is 419. The zero-order valence-electron chi connectivity index (χ0n) is 11.1. The van der Waals surface area contributed by atoms with Gasteiger partial charge < -0.3 is 4.84 Å². The molecule has 1 aromatic rings. The van der Waals surface area contributed by atoms with Gasteiger partial charge in [-0.1, -0.05) is 47.6 Å². The zero-order valence-corrected chi connectivity index (χ0v) is 11.1. The highest BCUT2D eigenvalue weighted by Crippen LogP contribution is 2.31. The molecule has 0 amide bonds. The van der Waals surface area contributed by atoms with Crippen LogP contribution in [0.15, 0.2) is 42.1 Å². The first-order valence-electron chi connectivity index (χ1n) is 6.64. The molecule has 0 heterocycles. The number of hydrogen-bond acceptors (Lipinski definition) is 2. The fourth-order valence-corrected chi connectivity index (χ4v) is 2.43. The molecule has 1 aromatic carbocycles. The Hall–Kier alpha value is -1.57. The molecular formula is C16H21NO. The van der Waals surface area contributed by atoms with E-state index in [-0.39, 0.29) is 0 Å². The van der Waals surface area contributed by atoms with E-state index in [1.807, 2.05) is 0 Å². The van der Waals surface area contributed by atoms with Crippen molar-refractivity contribution < 1.29 is 4.84 Å². The summed E-state index contributed by atoms with van der Waals surface area (Å²) in [5.41, 5.74) is 3.93. The van der Waals surface area contributed by atoms with Gasteiger partial charge in [-0.15, -0.1) is 0 Å². The van der Waals surface area contributed by atoms with E-state index in [4.69, 9.17) is 4.84 Å². The topological polar surface area (TPSA) is 21.6 Å². The quantitative estimate of drug-likeness (QED) is 0.441. The van der Waals surface area contributed by atoms with Gasteiger partial charge in [0, 0.05) is 0 Å². The van der Waals surface area contributed by atoms with Crippen molar-refractivity contribution in [1.29, 1.82) is 0 Å². The van der Waals surface area contributed by atoms with Crippen molar-refractivity contribution in [2.45, 2.75) is 38.5 Å². The molecule has 1 saturated carbocycles. The first-order valence-corrected chi connectivity index (χ1v) is 6.64. The third-order valence-corrected chi connectivity index (χ3v) is 3.43. The summed E-state index contributed by atoms with van der Waals surface area (Å²) in [6, 6.07) is 8.87. The van der Waals surface area contributed by atoms with E-state index in [1.54, 1.807) is 6.08 Å². The SMILES string of the molecule is C=CCO/N=C1\CCCC(c2ccc(C)cc2)C1. The average molecular weight is 243 g/mol. The van der Waals surface area contributed by atoms with E-state index in [0.717, 1.165) is 12.8 Å². The van der Waals surface area contributed by atoms with Crippen LogP contribution in [0.1, 0.15) is 42.7 Å². The molecule has 0 bridgehead atoms. The predicted octanol–water partition coefficient (Wildman–Crippen LogP) is 4.21. The Morgan fingerprint density at radius 1 is 1.39 bits per heavy atom. The van der Waals surface area contributed by atoms with Gasteiger partial charge in [0.05, 0.1) is 5.71 Å². The lowest BCUT2D eigenvalue weighted by molar-refractivity contribution is 0.172. The van der Waals surface area contributed by atoms with Gasteiger partial charge in [0.25, 0.3) is 0 Å². The molecule has 1 unspecified atom stereocenters. The largest absolute Gasteiger partial charge is 0.392 e. The number of benzene rings is 1. The zero-order chi connectivity index (χ0) is 12.8. The highest BCUT2D eigenvalue weighted by Gasteiger charge is 2.20. The van der Waals surface area contributed by atoms with Crippen LogP contribution in [0.5, 0.6) is 0 Å². The Morgan fingerprint density at radius 3 is 2.89 bits per heavy atom. The van der Waals surface area contributed by atoms with Crippen LogP contribution in [0, 0.1) is 6.92 Å². The van der Waals surface area contributed by atoms with Crippen LogP contribution < -0.4 is 0 Å². The Balaban J connectivity index is 1.99. The maximum atomic E-state index is 5.20. The van der Waals surface area contributed by atoms with Crippen LogP contribution in [0.25, 0.3) is 0 Å². The highest BCUT2D eigenvalue weighted by atomic mass is 16.6. The number of oxime groups is 1. The molecule has 2 heteroatoms. The second-order valence-electron chi connectivity index (χ2n) is 4.95. The molecule has 1 atom stereocenters. The van der Waals surface area contributed by atoms with Crippen molar-refractivity contribution >= 4 is 5.71 Å². The second kappa shape index (κ2) is 6.39. The van der Waals surface area contributed by atoms with Crippen molar-refractivity contribution in [2.24, 2.45) is 5.16 Å². The summed E-state index contributed by atoms with van der Waals surface area (Å²) in [5, 5.41) is 4.21. The number of aryl methyl sites for hydroxylation is 1. The van der Waals surface area contributed by atoms with Crippen molar-refractivity contribution in [1.82, 2.24) is 0 Å². The van der Waals surface area contributed by atoms with Gasteiger partial charge in [0.15, 0.2) is 0 Å². The molecule has 1 fully saturated rings. The Morgan fingerprint density at radius 2 is 2.17 bits per heavy atom. The number of rotatable bonds is 4. The molecule has 0 N–H and O–H groups in total. The minimum atomic E-state index is 0.499. The minimum absolute atomic E-state index is 0.499. The van der Waals surface area contributed by atoms with Crippen molar-refractivity contribution in [3.63, 3.8) is 0 Å². The molecule has 18 heavy (non-hydrogen) atoms. The monoisotopic (exact) mass is 243 g/mol. The summed E-state index contributed by atoms with van der Waals surface area (Å²) in [7, 11) is 0. The average Bonchev–Trinajstić information content (AvgIpc) is 2.40. The summed E-state index contributed by atoms with van der Waals surface area (Å²) in [6.07, 6.45) is 6.28. The smallest absolute Gasteiger partial charge is 0.135 e. The normalized spacial score (nSPS) is 21.8. The molecule has 1 aliphatic carbocycles. The van der Waals surface area contributed by atoms with Gasteiger partial charge in [-0.25, -0.2) is 0 Å². The van der Waals surface area contributed by atoms with E-state index < -0.39 is 0 Å². The van der Waals surface area contributed by atoms with Crippen LogP contribution in [-0.2, 0) is 4.84 Å². The maximum Gasteiger partial charge on any atom is 0.135 e. The van der Waals surface area contributed by atoms with Crippen LogP contribution in [0.2, 0.25) is 0 Å². The van der Waals surface area contributed by atoms with Gasteiger partial charge in [-0.2, -0.15) is 0 Å². The summed E-state index contributed by atoms with van der Waals surface area (Å²) in [5.74, 6) is 0.602. The summed E-state index contributed by atoms with van der Waals surface area (Å²) in [6.45, 7) is 6.24. The van der Waals surface area contributed by atoms with Crippen molar-refractivity contribution in [3.05, 3.63) is 48.0 Å². The van der Waals surface area contributed by atoms with Crippen LogP contribution in [0.3, 0.4) is 0 Å². The first kappa shape index (κ1) is 12.9. The molecule has 2 nitrogen and oxygen atoms in total. The Labute approximate surface area is 109 Å². The molecule has 0 saturated heterocycles. The Kier molecular flexibility index (Phi) is 4.57. The van der Waals surface area contributed by atoms with E-state index in [9.17, 15) is 0 Å². The van der Waals surface area contributed by atoms with Gasteiger partial charge in [0.1, 0.15) is 6.61 Å². The fraction of sp³-hybridized carbons (Fsp3) is 0.438. The van der Waals surface area contributed by atoms with Crippen LogP contribution in [-0.4, -0.2) is 12.3 Å². The van der Waals surface area contributed by atoms with E-state index in [1.165, 1.54) is 29.7 Å². The summed E-state index contributed by atoms with van der Waals surface area (Å²) < 4.78 is 0. The van der Waals surface area contributed by atoms with Gasteiger partial charge in [-0.3, -0.25) is 0 Å². The number of hydrogen-bond donors (Lipinski definition) is 0.